The van der Waals surface area contributed by atoms with Crippen LogP contribution < -0.4 is 10.1 Å². The number of anilines is 1. The number of carbonyl (C=O) groups is 1. The summed E-state index contributed by atoms with van der Waals surface area (Å²) >= 11 is 1.29. The Bertz CT molecular complexity index is 1010. The lowest BCUT2D eigenvalue weighted by atomic mass is 10.1. The molecule has 2 N–H and O–H groups in total. The summed E-state index contributed by atoms with van der Waals surface area (Å²) < 4.78 is 5.13. The van der Waals surface area contributed by atoms with Gasteiger partial charge in [0.25, 0.3) is 4.92 Å². The van der Waals surface area contributed by atoms with E-state index in [1.165, 1.54) is 35.6 Å². The zero-order valence-corrected chi connectivity index (χ0v) is 15.7. The highest BCUT2D eigenvalue weighted by molar-refractivity contribution is 7.15. The maximum atomic E-state index is 12.0. The first-order valence-corrected chi connectivity index (χ1v) is 9.06. The van der Waals surface area contributed by atoms with Gasteiger partial charge >= 0.3 is 5.69 Å². The van der Waals surface area contributed by atoms with E-state index in [0.29, 0.717) is 17.1 Å². The summed E-state index contributed by atoms with van der Waals surface area (Å²) in [5.74, 6) is 0.411. The fourth-order valence-corrected chi connectivity index (χ4v) is 3.14. The molecule has 0 aliphatic heterocycles. The van der Waals surface area contributed by atoms with Crippen molar-refractivity contribution in [1.29, 1.82) is 0 Å². The molecule has 9 heteroatoms. The first-order chi connectivity index (χ1) is 13.5. The quantitative estimate of drug-likeness (QED) is 0.466. The molecule has 1 amide bonds. The summed E-state index contributed by atoms with van der Waals surface area (Å²) in [5, 5.41) is 20.8. The van der Waals surface area contributed by atoms with Gasteiger partial charge in [0.05, 0.1) is 12.0 Å². The minimum atomic E-state index is -0.375. The Labute approximate surface area is 164 Å². The van der Waals surface area contributed by atoms with Gasteiger partial charge in [-0.15, -0.1) is 10.2 Å². The van der Waals surface area contributed by atoms with E-state index in [-0.39, 0.29) is 16.5 Å². The van der Waals surface area contributed by atoms with E-state index in [0.717, 1.165) is 16.3 Å². The minimum Gasteiger partial charge on any atom is -0.497 e. The molecule has 1 aromatic heterocycles. The van der Waals surface area contributed by atoms with E-state index < -0.39 is 0 Å². The lowest BCUT2D eigenvalue weighted by molar-refractivity contribution is -0.729. The number of methoxy groups -OCH3 is 1. The number of benzene rings is 2. The summed E-state index contributed by atoms with van der Waals surface area (Å²) in [6.07, 6.45) is 3.45. The molecule has 0 saturated carbocycles. The average molecular weight is 397 g/mol. The summed E-state index contributed by atoms with van der Waals surface area (Å²) in [4.78, 5) is 22.7. The third kappa shape index (κ3) is 5.21. The van der Waals surface area contributed by atoms with Crippen molar-refractivity contribution in [3.05, 3.63) is 75.6 Å². The zero-order chi connectivity index (χ0) is 19.9. The van der Waals surface area contributed by atoms with E-state index in [1.54, 1.807) is 19.2 Å². The van der Waals surface area contributed by atoms with Gasteiger partial charge in [-0.05, 0) is 29.3 Å². The maximum Gasteiger partial charge on any atom is 0.317 e. The lowest BCUT2D eigenvalue weighted by Crippen LogP contribution is -2.07. The highest BCUT2D eigenvalue weighted by Crippen LogP contribution is 2.20. The molecular weight excluding hydrogens is 380 g/mol. The van der Waals surface area contributed by atoms with Crippen LogP contribution in [0.25, 0.3) is 6.08 Å². The first-order valence-electron chi connectivity index (χ1n) is 8.24. The predicted octanol–water partition coefficient (Wildman–Crippen LogP) is 3.59. The standard InChI is InChI=1S/C19H16N4O4S/c1-27-16-8-5-14(6-9-16)12-18-21-22-19(28-18)20-17(24)10-7-13-3-2-4-15(11-13)23(25)26/h2-11H,12H2,1H3,(H-,20,22,24,25,26)/p+1/b10-7+. The molecular formula is C19H17N4O4S+. The van der Waals surface area contributed by atoms with Crippen LogP contribution in [0.15, 0.2) is 54.6 Å². The molecule has 0 fully saturated rings. The molecule has 3 aromatic rings. The van der Waals surface area contributed by atoms with Gasteiger partial charge in [0, 0.05) is 24.6 Å². The Morgan fingerprint density at radius 2 is 2.04 bits per heavy atom. The van der Waals surface area contributed by atoms with Crippen LogP contribution in [-0.4, -0.2) is 33.3 Å². The Hall–Kier alpha value is -3.59. The molecule has 28 heavy (non-hydrogen) atoms. The second-order valence-corrected chi connectivity index (χ2v) is 6.78. The van der Waals surface area contributed by atoms with Crippen molar-refractivity contribution in [1.82, 2.24) is 10.2 Å². The summed E-state index contributed by atoms with van der Waals surface area (Å²) in [6, 6.07) is 13.9. The fourth-order valence-electron chi connectivity index (χ4n) is 2.36. The molecule has 0 aliphatic rings. The predicted molar refractivity (Wildman–Crippen MR) is 105 cm³/mol. The van der Waals surface area contributed by atoms with Gasteiger partial charge in [-0.1, -0.05) is 35.6 Å². The number of hydrogen-bond acceptors (Lipinski definition) is 6. The lowest BCUT2D eigenvalue weighted by Gasteiger charge is -2.00. The number of aromatic nitrogens is 2. The highest BCUT2D eigenvalue weighted by Gasteiger charge is 2.11. The smallest absolute Gasteiger partial charge is 0.317 e. The van der Waals surface area contributed by atoms with Crippen LogP contribution in [0.3, 0.4) is 0 Å². The van der Waals surface area contributed by atoms with Crippen LogP contribution in [-0.2, 0) is 11.2 Å². The molecule has 142 valence electrons. The van der Waals surface area contributed by atoms with Crippen molar-refractivity contribution in [3.8, 4) is 5.75 Å². The van der Waals surface area contributed by atoms with Gasteiger partial charge < -0.3 is 4.74 Å². The van der Waals surface area contributed by atoms with Crippen LogP contribution in [0.5, 0.6) is 5.75 Å². The van der Waals surface area contributed by atoms with Crippen LogP contribution in [0, 0.1) is 4.91 Å². The van der Waals surface area contributed by atoms with E-state index >= 15 is 0 Å². The van der Waals surface area contributed by atoms with E-state index in [4.69, 9.17) is 9.94 Å². The van der Waals surface area contributed by atoms with Gasteiger partial charge in [0.1, 0.15) is 10.8 Å². The van der Waals surface area contributed by atoms with Gasteiger partial charge in [-0.3, -0.25) is 10.1 Å². The topological polar surface area (TPSA) is 104 Å². The number of rotatable bonds is 7. The first kappa shape index (κ1) is 19.2. The monoisotopic (exact) mass is 397 g/mol. The van der Waals surface area contributed by atoms with E-state index in [1.807, 2.05) is 24.3 Å². The van der Waals surface area contributed by atoms with Gasteiger partial charge in [-0.25, -0.2) is 5.21 Å². The molecule has 0 aliphatic carbocycles. The number of carbonyl (C=O) groups excluding carboxylic acids is 1. The molecule has 0 spiro atoms. The van der Waals surface area contributed by atoms with Crippen LogP contribution in [0.2, 0.25) is 0 Å². The second kappa shape index (κ2) is 8.87. The Morgan fingerprint density at radius 1 is 1.25 bits per heavy atom. The van der Waals surface area contributed by atoms with Crippen molar-refractivity contribution < 1.29 is 19.7 Å². The van der Waals surface area contributed by atoms with Crippen molar-refractivity contribution >= 4 is 34.1 Å². The van der Waals surface area contributed by atoms with Crippen LogP contribution in [0.4, 0.5) is 10.8 Å². The third-order valence-corrected chi connectivity index (χ3v) is 4.57. The SMILES string of the molecule is COc1ccc(Cc2nnc(NC(=O)/C=C/c3cccc([N+](=O)O)c3)s2)cc1. The Morgan fingerprint density at radius 3 is 2.75 bits per heavy atom. The summed E-state index contributed by atoms with van der Waals surface area (Å²) in [5.41, 5.74) is 1.74. The fraction of sp³-hybridized carbons (Fsp3) is 0.105. The molecule has 3 rings (SSSR count). The van der Waals surface area contributed by atoms with Crippen molar-refractivity contribution in [2.75, 3.05) is 12.4 Å². The van der Waals surface area contributed by atoms with E-state index in [2.05, 4.69) is 15.5 Å². The molecule has 0 atom stereocenters. The number of amides is 1. The minimum absolute atomic E-state index is 0.0786. The second-order valence-electron chi connectivity index (χ2n) is 5.72. The largest absolute Gasteiger partial charge is 0.497 e. The van der Waals surface area contributed by atoms with Crippen molar-refractivity contribution in [2.24, 2.45) is 0 Å². The summed E-state index contributed by atoms with van der Waals surface area (Å²) in [6.45, 7) is 0. The number of nitrogens with one attached hydrogen (secondary N) is 1. The normalized spacial score (nSPS) is 10.8. The molecule has 0 saturated heterocycles. The number of ether oxygens (including phenoxy) is 1. The highest BCUT2D eigenvalue weighted by atomic mass is 32.1. The molecule has 0 unspecified atom stereocenters. The van der Waals surface area contributed by atoms with Gasteiger partial charge in [0.2, 0.25) is 11.0 Å². The van der Waals surface area contributed by atoms with Crippen LogP contribution >= 0.6 is 11.3 Å². The Kier molecular flexibility index (Phi) is 6.07. The molecule has 0 bridgehead atoms. The van der Waals surface area contributed by atoms with E-state index in [9.17, 15) is 9.70 Å². The van der Waals surface area contributed by atoms with Crippen LogP contribution in [0.1, 0.15) is 16.1 Å². The molecule has 1 heterocycles. The molecule has 2 aromatic carbocycles. The Balaban J connectivity index is 1.58. The van der Waals surface area contributed by atoms with Crippen molar-refractivity contribution in [2.45, 2.75) is 6.42 Å². The number of hydrogen-bond donors (Lipinski definition) is 2. The third-order valence-electron chi connectivity index (χ3n) is 3.73. The number of nitrogens with zero attached hydrogens (tertiary/aromatic N) is 3. The van der Waals surface area contributed by atoms with Gasteiger partial charge in [-0.2, -0.15) is 0 Å². The zero-order valence-electron chi connectivity index (χ0n) is 14.9. The van der Waals surface area contributed by atoms with Crippen molar-refractivity contribution in [3.63, 3.8) is 0 Å². The molecule has 0 radical (unpaired) electrons. The maximum absolute atomic E-state index is 12.0. The summed E-state index contributed by atoms with van der Waals surface area (Å²) in [7, 11) is 1.62. The molecule has 8 nitrogen and oxygen atoms in total. The average Bonchev–Trinajstić information content (AvgIpc) is 3.14. The van der Waals surface area contributed by atoms with Gasteiger partial charge in [0.15, 0.2) is 0 Å².